The zero-order valence-corrected chi connectivity index (χ0v) is 12.7. The Bertz CT molecular complexity index is 570. The summed E-state index contributed by atoms with van der Waals surface area (Å²) < 4.78 is 31.4. The number of hydrogen-bond acceptors (Lipinski definition) is 4. The van der Waals surface area contributed by atoms with Crippen molar-refractivity contribution in [3.05, 3.63) is 29.3 Å². The molecule has 0 atom stereocenters. The van der Waals surface area contributed by atoms with E-state index in [0.29, 0.717) is 5.56 Å². The van der Waals surface area contributed by atoms with E-state index in [1.165, 1.54) is 7.11 Å². The second-order valence-corrected chi connectivity index (χ2v) is 6.19. The minimum atomic E-state index is -3.56. The van der Waals surface area contributed by atoms with Crippen LogP contribution in [0.1, 0.15) is 11.1 Å². The molecule has 0 saturated carbocycles. The summed E-state index contributed by atoms with van der Waals surface area (Å²) >= 11 is 0. The fraction of sp³-hybridized carbons (Fsp3) is 0.462. The number of aryl methyl sites for hydroxylation is 2. The van der Waals surface area contributed by atoms with Crippen molar-refractivity contribution >= 4 is 15.9 Å². The monoisotopic (exact) mass is 300 g/mol. The quantitative estimate of drug-likeness (QED) is 0.711. The van der Waals surface area contributed by atoms with Crippen molar-refractivity contribution in [2.75, 3.05) is 26.8 Å². The van der Waals surface area contributed by atoms with Gasteiger partial charge in [0.1, 0.15) is 6.61 Å². The molecule has 0 bridgehead atoms. The van der Waals surface area contributed by atoms with Crippen molar-refractivity contribution in [3.63, 3.8) is 0 Å². The molecule has 1 aromatic rings. The van der Waals surface area contributed by atoms with E-state index in [0.717, 1.165) is 5.56 Å². The number of nitrogens with one attached hydrogen (secondary N) is 2. The lowest BCUT2D eigenvalue weighted by molar-refractivity contribution is -0.124. The topological polar surface area (TPSA) is 84.5 Å². The molecule has 0 saturated heterocycles. The summed E-state index contributed by atoms with van der Waals surface area (Å²) in [6, 6.07) is 5.25. The van der Waals surface area contributed by atoms with E-state index in [4.69, 9.17) is 0 Å². The first kappa shape index (κ1) is 16.6. The van der Waals surface area contributed by atoms with Gasteiger partial charge in [0.25, 0.3) is 0 Å². The van der Waals surface area contributed by atoms with Crippen molar-refractivity contribution in [1.82, 2.24) is 10.0 Å². The van der Waals surface area contributed by atoms with Gasteiger partial charge in [-0.15, -0.1) is 0 Å². The zero-order chi connectivity index (χ0) is 15.2. The molecule has 20 heavy (non-hydrogen) atoms. The maximum atomic E-state index is 12.1. The molecular formula is C13H20N2O4S. The summed E-state index contributed by atoms with van der Waals surface area (Å²) in [6.45, 7) is 3.89. The highest BCUT2D eigenvalue weighted by molar-refractivity contribution is 7.89. The molecule has 112 valence electrons. The van der Waals surface area contributed by atoms with Crippen molar-refractivity contribution in [1.29, 1.82) is 0 Å². The van der Waals surface area contributed by atoms with Crippen LogP contribution in [-0.4, -0.2) is 41.1 Å². The number of benzene rings is 1. The summed E-state index contributed by atoms with van der Waals surface area (Å²) in [4.78, 5) is 11.4. The summed E-state index contributed by atoms with van der Waals surface area (Å²) in [7, 11) is -2.14. The number of rotatable bonds is 7. The lowest BCUT2D eigenvalue weighted by Gasteiger charge is -2.10. The summed E-state index contributed by atoms with van der Waals surface area (Å²) in [6.07, 6.45) is 0. The largest absolute Gasteiger partial charge is 0.375 e. The van der Waals surface area contributed by atoms with Crippen LogP contribution in [0.2, 0.25) is 0 Å². The highest BCUT2D eigenvalue weighted by Crippen LogP contribution is 2.16. The van der Waals surface area contributed by atoms with E-state index in [9.17, 15) is 13.2 Å². The van der Waals surface area contributed by atoms with Gasteiger partial charge in [0.2, 0.25) is 15.9 Å². The first-order valence-corrected chi connectivity index (χ1v) is 7.67. The van der Waals surface area contributed by atoms with E-state index >= 15 is 0 Å². The minimum absolute atomic E-state index is 0.0380. The normalized spacial score (nSPS) is 11.3. The van der Waals surface area contributed by atoms with Gasteiger partial charge in [-0.05, 0) is 31.0 Å². The van der Waals surface area contributed by atoms with E-state index in [1.807, 2.05) is 13.0 Å². The Morgan fingerprint density at radius 1 is 1.25 bits per heavy atom. The third-order valence-electron chi connectivity index (χ3n) is 2.65. The van der Waals surface area contributed by atoms with Gasteiger partial charge in [-0.25, -0.2) is 13.1 Å². The average Bonchev–Trinajstić information content (AvgIpc) is 2.38. The molecule has 6 nitrogen and oxygen atoms in total. The molecule has 0 unspecified atom stereocenters. The maximum absolute atomic E-state index is 12.1. The Hall–Kier alpha value is -1.44. The molecule has 0 heterocycles. The van der Waals surface area contributed by atoms with Crippen LogP contribution in [0, 0.1) is 13.8 Å². The summed E-state index contributed by atoms with van der Waals surface area (Å²) in [5, 5.41) is 2.54. The first-order chi connectivity index (χ1) is 9.36. The SMILES string of the molecule is COCC(=O)NCCNS(=O)(=O)c1cc(C)ccc1C. The third-order valence-corrected chi connectivity index (χ3v) is 4.25. The average molecular weight is 300 g/mol. The molecule has 1 aromatic carbocycles. The van der Waals surface area contributed by atoms with Gasteiger partial charge in [-0.1, -0.05) is 12.1 Å². The predicted octanol–water partition coefficient (Wildman–Crippen LogP) is 0.344. The highest BCUT2D eigenvalue weighted by atomic mass is 32.2. The molecule has 7 heteroatoms. The van der Waals surface area contributed by atoms with Gasteiger partial charge in [0.05, 0.1) is 4.90 Å². The van der Waals surface area contributed by atoms with E-state index < -0.39 is 10.0 Å². The van der Waals surface area contributed by atoms with Crippen LogP contribution in [0.3, 0.4) is 0 Å². The molecule has 0 fully saturated rings. The molecule has 0 aliphatic rings. The smallest absolute Gasteiger partial charge is 0.246 e. The third kappa shape index (κ3) is 4.92. The van der Waals surface area contributed by atoms with Crippen LogP contribution in [0.5, 0.6) is 0 Å². The number of hydrogen-bond donors (Lipinski definition) is 2. The number of amides is 1. The molecular weight excluding hydrogens is 280 g/mol. The van der Waals surface area contributed by atoms with Crippen molar-refractivity contribution in [2.45, 2.75) is 18.7 Å². The maximum Gasteiger partial charge on any atom is 0.246 e. The number of carbonyl (C=O) groups excluding carboxylic acids is 1. The summed E-state index contributed by atoms with van der Waals surface area (Å²) in [5.41, 5.74) is 1.57. The highest BCUT2D eigenvalue weighted by Gasteiger charge is 2.16. The lowest BCUT2D eigenvalue weighted by atomic mass is 10.2. The zero-order valence-electron chi connectivity index (χ0n) is 11.9. The van der Waals surface area contributed by atoms with Crippen LogP contribution in [-0.2, 0) is 19.6 Å². The number of methoxy groups -OCH3 is 1. The molecule has 0 aliphatic carbocycles. The van der Waals surface area contributed by atoms with Gasteiger partial charge in [0.15, 0.2) is 0 Å². The molecule has 0 spiro atoms. The van der Waals surface area contributed by atoms with E-state index in [2.05, 4.69) is 14.8 Å². The fourth-order valence-corrected chi connectivity index (χ4v) is 3.00. The second-order valence-electron chi connectivity index (χ2n) is 4.45. The van der Waals surface area contributed by atoms with Gasteiger partial charge in [-0.2, -0.15) is 0 Å². The number of carbonyl (C=O) groups is 1. The molecule has 0 aromatic heterocycles. The van der Waals surface area contributed by atoms with Crippen LogP contribution in [0.25, 0.3) is 0 Å². The molecule has 1 amide bonds. The van der Waals surface area contributed by atoms with Crippen molar-refractivity contribution in [3.8, 4) is 0 Å². The van der Waals surface area contributed by atoms with Crippen LogP contribution in [0.15, 0.2) is 23.1 Å². The van der Waals surface area contributed by atoms with E-state index in [1.54, 1.807) is 19.1 Å². The van der Waals surface area contributed by atoms with Crippen LogP contribution >= 0.6 is 0 Å². The van der Waals surface area contributed by atoms with Crippen molar-refractivity contribution in [2.24, 2.45) is 0 Å². The van der Waals surface area contributed by atoms with Gasteiger partial charge in [0, 0.05) is 20.2 Å². The standard InChI is InChI=1S/C13H20N2O4S/c1-10-4-5-11(2)12(8-10)20(17,18)15-7-6-14-13(16)9-19-3/h4-5,8,15H,6-7,9H2,1-3H3,(H,14,16). The Morgan fingerprint density at radius 3 is 2.60 bits per heavy atom. The van der Waals surface area contributed by atoms with E-state index in [-0.39, 0.29) is 30.5 Å². The Morgan fingerprint density at radius 2 is 1.95 bits per heavy atom. The van der Waals surface area contributed by atoms with Crippen LogP contribution in [0.4, 0.5) is 0 Å². The first-order valence-electron chi connectivity index (χ1n) is 6.19. The number of sulfonamides is 1. The number of ether oxygens (including phenoxy) is 1. The molecule has 1 rings (SSSR count). The predicted molar refractivity (Wildman–Crippen MR) is 76.0 cm³/mol. The second kappa shape index (κ2) is 7.37. The van der Waals surface area contributed by atoms with Gasteiger partial charge >= 0.3 is 0 Å². The Labute approximate surface area is 119 Å². The van der Waals surface area contributed by atoms with Crippen LogP contribution < -0.4 is 10.0 Å². The molecule has 2 N–H and O–H groups in total. The van der Waals surface area contributed by atoms with Gasteiger partial charge < -0.3 is 10.1 Å². The Kier molecular flexibility index (Phi) is 6.12. The van der Waals surface area contributed by atoms with Gasteiger partial charge in [-0.3, -0.25) is 4.79 Å². The van der Waals surface area contributed by atoms with Crippen molar-refractivity contribution < 1.29 is 17.9 Å². The fourth-order valence-electron chi connectivity index (χ4n) is 1.64. The minimum Gasteiger partial charge on any atom is -0.375 e. The Balaban J connectivity index is 2.58. The lowest BCUT2D eigenvalue weighted by Crippen LogP contribution is -2.36. The summed E-state index contributed by atoms with van der Waals surface area (Å²) in [5.74, 6) is -0.279. The molecule has 0 radical (unpaired) electrons. The molecule has 0 aliphatic heterocycles.